The number of rotatable bonds is 7. The largest absolute Gasteiger partial charge is 0.334 e. The molecule has 1 aromatic rings. The smallest absolute Gasteiger partial charge is 0.125 e. The van der Waals surface area contributed by atoms with Crippen molar-refractivity contribution >= 4 is 0 Å². The Bertz CT molecular complexity index is 268. The summed E-state index contributed by atoms with van der Waals surface area (Å²) in [4.78, 5) is 4.46. The zero-order valence-electron chi connectivity index (χ0n) is 10.2. The number of unbranched alkanes of at least 4 members (excludes halogenated alkanes) is 1. The summed E-state index contributed by atoms with van der Waals surface area (Å²) in [6.45, 7) is 5.50. The molecule has 1 atom stereocenters. The number of aryl methyl sites for hydroxylation is 1. The second-order valence-electron chi connectivity index (χ2n) is 3.96. The molecule has 0 aliphatic carbocycles. The van der Waals surface area contributed by atoms with Crippen molar-refractivity contribution in [3.05, 3.63) is 18.2 Å². The zero-order chi connectivity index (χ0) is 11.1. The van der Waals surface area contributed by atoms with Gasteiger partial charge >= 0.3 is 0 Å². The van der Waals surface area contributed by atoms with E-state index >= 15 is 0 Å². The molecule has 1 aromatic heterocycles. The highest BCUT2D eigenvalue weighted by molar-refractivity contribution is 4.99. The van der Waals surface area contributed by atoms with E-state index in [2.05, 4.69) is 34.9 Å². The molecule has 3 nitrogen and oxygen atoms in total. The van der Waals surface area contributed by atoms with Gasteiger partial charge in [0.1, 0.15) is 5.82 Å². The SMILES string of the molecule is CCCCC(NC)c1nccn1CCC. The molecule has 0 aromatic carbocycles. The molecule has 0 fully saturated rings. The molecule has 0 aliphatic heterocycles. The van der Waals surface area contributed by atoms with Gasteiger partial charge in [0, 0.05) is 18.9 Å². The lowest BCUT2D eigenvalue weighted by Gasteiger charge is -2.17. The molecule has 3 heteroatoms. The summed E-state index contributed by atoms with van der Waals surface area (Å²) in [5, 5.41) is 3.35. The van der Waals surface area contributed by atoms with Crippen LogP contribution in [0.1, 0.15) is 51.4 Å². The number of aromatic nitrogens is 2. The fourth-order valence-corrected chi connectivity index (χ4v) is 1.87. The molecule has 0 amide bonds. The van der Waals surface area contributed by atoms with E-state index in [1.165, 1.54) is 25.1 Å². The van der Waals surface area contributed by atoms with Crippen molar-refractivity contribution in [3.8, 4) is 0 Å². The minimum absolute atomic E-state index is 0.409. The first-order valence-corrected chi connectivity index (χ1v) is 6.01. The summed E-state index contributed by atoms with van der Waals surface area (Å²) >= 11 is 0. The van der Waals surface area contributed by atoms with Crippen LogP contribution in [-0.2, 0) is 6.54 Å². The highest BCUT2D eigenvalue weighted by Crippen LogP contribution is 2.17. The Morgan fingerprint density at radius 1 is 1.40 bits per heavy atom. The highest BCUT2D eigenvalue weighted by atomic mass is 15.1. The van der Waals surface area contributed by atoms with Crippen LogP contribution in [0.3, 0.4) is 0 Å². The number of hydrogen-bond acceptors (Lipinski definition) is 2. The van der Waals surface area contributed by atoms with Crippen LogP contribution < -0.4 is 5.32 Å². The topological polar surface area (TPSA) is 29.9 Å². The van der Waals surface area contributed by atoms with Gasteiger partial charge in [0.2, 0.25) is 0 Å². The lowest BCUT2D eigenvalue weighted by atomic mass is 10.1. The van der Waals surface area contributed by atoms with Gasteiger partial charge in [0.15, 0.2) is 0 Å². The van der Waals surface area contributed by atoms with Crippen molar-refractivity contribution in [2.75, 3.05) is 7.05 Å². The second kappa shape index (κ2) is 6.62. The Labute approximate surface area is 92.9 Å². The Morgan fingerprint density at radius 3 is 2.80 bits per heavy atom. The first kappa shape index (κ1) is 12.2. The lowest BCUT2D eigenvalue weighted by Crippen LogP contribution is -2.20. The summed E-state index contributed by atoms with van der Waals surface area (Å²) in [7, 11) is 2.02. The fourth-order valence-electron chi connectivity index (χ4n) is 1.87. The van der Waals surface area contributed by atoms with Crippen LogP contribution in [0.5, 0.6) is 0 Å². The summed E-state index contributed by atoms with van der Waals surface area (Å²) < 4.78 is 2.26. The normalized spacial score (nSPS) is 13.0. The number of nitrogens with zero attached hydrogens (tertiary/aromatic N) is 2. The van der Waals surface area contributed by atoms with Crippen LogP contribution in [0.2, 0.25) is 0 Å². The molecule has 0 saturated heterocycles. The van der Waals surface area contributed by atoms with E-state index in [0.29, 0.717) is 6.04 Å². The summed E-state index contributed by atoms with van der Waals surface area (Å²) in [5.74, 6) is 1.19. The molecule has 0 spiro atoms. The summed E-state index contributed by atoms with van der Waals surface area (Å²) in [6, 6.07) is 0.409. The third-order valence-corrected chi connectivity index (χ3v) is 2.72. The summed E-state index contributed by atoms with van der Waals surface area (Å²) in [6.07, 6.45) is 8.81. The quantitative estimate of drug-likeness (QED) is 0.748. The number of imidazole rings is 1. The molecule has 0 aliphatic rings. The van der Waals surface area contributed by atoms with Gasteiger partial charge in [-0.3, -0.25) is 0 Å². The van der Waals surface area contributed by atoms with Gasteiger partial charge in [-0.15, -0.1) is 0 Å². The molecule has 86 valence electrons. The van der Waals surface area contributed by atoms with E-state index in [9.17, 15) is 0 Å². The van der Waals surface area contributed by atoms with Crippen LogP contribution in [0.4, 0.5) is 0 Å². The van der Waals surface area contributed by atoms with Gasteiger partial charge in [-0.05, 0) is 19.9 Å². The Balaban J connectivity index is 2.67. The van der Waals surface area contributed by atoms with Crippen molar-refractivity contribution in [2.45, 2.75) is 52.1 Å². The van der Waals surface area contributed by atoms with E-state index in [4.69, 9.17) is 0 Å². The third kappa shape index (κ3) is 3.34. The van der Waals surface area contributed by atoms with E-state index in [1.54, 1.807) is 0 Å². The molecule has 1 N–H and O–H groups in total. The molecular formula is C12H23N3. The zero-order valence-corrected chi connectivity index (χ0v) is 10.2. The standard InChI is InChI=1S/C12H23N3/c1-4-6-7-11(13-3)12-14-8-10-15(12)9-5-2/h8,10-11,13H,4-7,9H2,1-3H3. The predicted molar refractivity (Wildman–Crippen MR) is 63.8 cm³/mol. The van der Waals surface area contributed by atoms with Crippen LogP contribution in [0, 0.1) is 0 Å². The van der Waals surface area contributed by atoms with Gasteiger partial charge in [0.05, 0.1) is 6.04 Å². The van der Waals surface area contributed by atoms with Crippen molar-refractivity contribution in [1.82, 2.24) is 14.9 Å². The van der Waals surface area contributed by atoms with Crippen LogP contribution >= 0.6 is 0 Å². The minimum Gasteiger partial charge on any atom is -0.334 e. The van der Waals surface area contributed by atoms with Crippen molar-refractivity contribution < 1.29 is 0 Å². The van der Waals surface area contributed by atoms with E-state index in [-0.39, 0.29) is 0 Å². The predicted octanol–water partition coefficient (Wildman–Crippen LogP) is 2.74. The van der Waals surface area contributed by atoms with E-state index in [1.807, 2.05) is 13.2 Å². The third-order valence-electron chi connectivity index (χ3n) is 2.72. The first-order chi connectivity index (χ1) is 7.33. The van der Waals surface area contributed by atoms with Crippen molar-refractivity contribution in [3.63, 3.8) is 0 Å². The van der Waals surface area contributed by atoms with Crippen LogP contribution in [-0.4, -0.2) is 16.6 Å². The molecular weight excluding hydrogens is 186 g/mol. The average Bonchev–Trinajstić information content (AvgIpc) is 2.68. The van der Waals surface area contributed by atoms with Crippen molar-refractivity contribution in [2.24, 2.45) is 0 Å². The van der Waals surface area contributed by atoms with Gasteiger partial charge in [-0.25, -0.2) is 4.98 Å². The average molecular weight is 209 g/mol. The minimum atomic E-state index is 0.409. The molecule has 0 bridgehead atoms. The molecule has 0 radical (unpaired) electrons. The maximum absolute atomic E-state index is 4.46. The van der Waals surface area contributed by atoms with Gasteiger partial charge in [-0.2, -0.15) is 0 Å². The molecule has 1 heterocycles. The molecule has 1 rings (SSSR count). The summed E-state index contributed by atoms with van der Waals surface area (Å²) in [5.41, 5.74) is 0. The molecule has 0 saturated carbocycles. The Hall–Kier alpha value is -0.830. The van der Waals surface area contributed by atoms with Crippen LogP contribution in [0.25, 0.3) is 0 Å². The maximum Gasteiger partial charge on any atom is 0.125 e. The molecule has 15 heavy (non-hydrogen) atoms. The second-order valence-corrected chi connectivity index (χ2v) is 3.96. The van der Waals surface area contributed by atoms with Gasteiger partial charge in [0.25, 0.3) is 0 Å². The van der Waals surface area contributed by atoms with Crippen LogP contribution in [0.15, 0.2) is 12.4 Å². The van der Waals surface area contributed by atoms with E-state index in [0.717, 1.165) is 13.0 Å². The maximum atomic E-state index is 4.46. The highest BCUT2D eigenvalue weighted by Gasteiger charge is 2.13. The monoisotopic (exact) mass is 209 g/mol. The lowest BCUT2D eigenvalue weighted by molar-refractivity contribution is 0.470. The van der Waals surface area contributed by atoms with Crippen molar-refractivity contribution in [1.29, 1.82) is 0 Å². The van der Waals surface area contributed by atoms with Gasteiger partial charge in [-0.1, -0.05) is 26.7 Å². The molecule has 1 unspecified atom stereocenters. The van der Waals surface area contributed by atoms with E-state index < -0.39 is 0 Å². The number of nitrogens with one attached hydrogen (secondary N) is 1. The Morgan fingerprint density at radius 2 is 2.20 bits per heavy atom. The fraction of sp³-hybridized carbons (Fsp3) is 0.750. The number of hydrogen-bond donors (Lipinski definition) is 1. The first-order valence-electron chi connectivity index (χ1n) is 6.01. The Kier molecular flexibility index (Phi) is 5.40. The van der Waals surface area contributed by atoms with Gasteiger partial charge < -0.3 is 9.88 Å².